The predicted molar refractivity (Wildman–Crippen MR) is 101 cm³/mol. The van der Waals surface area contributed by atoms with Crippen LogP contribution in [0.5, 0.6) is 0 Å². The van der Waals surface area contributed by atoms with Crippen molar-refractivity contribution in [2.24, 2.45) is 0 Å². The van der Waals surface area contributed by atoms with Crippen LogP contribution in [0, 0.1) is 6.92 Å². The second kappa shape index (κ2) is 7.81. The predicted octanol–water partition coefficient (Wildman–Crippen LogP) is 4.11. The average molecular weight is 388 g/mol. The zero-order valence-corrected chi connectivity index (χ0v) is 15.4. The third kappa shape index (κ3) is 4.36. The van der Waals surface area contributed by atoms with Gasteiger partial charge in [-0.3, -0.25) is 4.90 Å². The number of hydrogen-bond acceptors (Lipinski definition) is 2. The van der Waals surface area contributed by atoms with E-state index in [-0.39, 0.29) is 6.03 Å². The van der Waals surface area contributed by atoms with Gasteiger partial charge in [0.1, 0.15) is 0 Å². The molecule has 2 amide bonds. The molecule has 0 unspecified atom stereocenters. The minimum atomic E-state index is -0.0175. The summed E-state index contributed by atoms with van der Waals surface area (Å²) in [5.74, 6) is 0. The van der Waals surface area contributed by atoms with E-state index in [0.717, 1.165) is 48.4 Å². The number of carbonyl (C=O) groups is 1. The summed E-state index contributed by atoms with van der Waals surface area (Å²) in [4.78, 5) is 16.7. The molecular weight excluding hydrogens is 366 g/mol. The van der Waals surface area contributed by atoms with E-state index in [0.29, 0.717) is 0 Å². The Labute approximate surface area is 151 Å². The van der Waals surface area contributed by atoms with Gasteiger partial charge in [0.25, 0.3) is 0 Å². The maximum absolute atomic E-state index is 12.4. The van der Waals surface area contributed by atoms with Crippen LogP contribution in [0.3, 0.4) is 0 Å². The molecule has 24 heavy (non-hydrogen) atoms. The number of amides is 2. The standard InChI is InChI=1S/C19H22BrN3O/c1-15-13-17(7-8-18(15)20)21-19(24)23-11-9-22(10-12-23)14-16-5-3-2-4-6-16/h2-8,13H,9-12,14H2,1H3,(H,21,24). The van der Waals surface area contributed by atoms with E-state index in [2.05, 4.69) is 50.4 Å². The van der Waals surface area contributed by atoms with Crippen LogP contribution in [0.1, 0.15) is 11.1 Å². The highest BCUT2D eigenvalue weighted by Crippen LogP contribution is 2.20. The lowest BCUT2D eigenvalue weighted by Gasteiger charge is -2.34. The first kappa shape index (κ1) is 17.0. The molecular formula is C19H22BrN3O. The molecule has 2 aromatic rings. The first-order chi connectivity index (χ1) is 11.6. The first-order valence-corrected chi connectivity index (χ1v) is 8.99. The molecule has 0 aromatic heterocycles. The van der Waals surface area contributed by atoms with Gasteiger partial charge in [0.15, 0.2) is 0 Å². The number of benzene rings is 2. The van der Waals surface area contributed by atoms with Gasteiger partial charge in [-0.1, -0.05) is 46.3 Å². The fourth-order valence-electron chi connectivity index (χ4n) is 2.88. The molecule has 2 aromatic carbocycles. The molecule has 0 aliphatic carbocycles. The number of nitrogens with one attached hydrogen (secondary N) is 1. The molecule has 0 radical (unpaired) electrons. The van der Waals surface area contributed by atoms with Gasteiger partial charge in [-0.2, -0.15) is 0 Å². The number of aryl methyl sites for hydroxylation is 1. The van der Waals surface area contributed by atoms with Crippen LogP contribution in [0.15, 0.2) is 53.0 Å². The zero-order chi connectivity index (χ0) is 16.9. The molecule has 1 saturated heterocycles. The Bertz CT molecular complexity index is 697. The van der Waals surface area contributed by atoms with Crippen LogP contribution in [-0.4, -0.2) is 42.0 Å². The Morgan fingerprint density at radius 1 is 1.08 bits per heavy atom. The van der Waals surface area contributed by atoms with Crippen LogP contribution in [0.4, 0.5) is 10.5 Å². The van der Waals surface area contributed by atoms with Gasteiger partial charge in [-0.25, -0.2) is 4.79 Å². The smallest absolute Gasteiger partial charge is 0.321 e. The summed E-state index contributed by atoms with van der Waals surface area (Å²) in [5.41, 5.74) is 3.27. The van der Waals surface area contributed by atoms with Crippen molar-refractivity contribution in [1.29, 1.82) is 0 Å². The van der Waals surface area contributed by atoms with Gasteiger partial charge >= 0.3 is 6.03 Å². The van der Waals surface area contributed by atoms with E-state index < -0.39 is 0 Å². The number of hydrogen-bond donors (Lipinski definition) is 1. The van der Waals surface area contributed by atoms with Crippen molar-refractivity contribution in [3.05, 3.63) is 64.1 Å². The van der Waals surface area contributed by atoms with Crippen molar-refractivity contribution in [1.82, 2.24) is 9.80 Å². The van der Waals surface area contributed by atoms with E-state index in [1.165, 1.54) is 5.56 Å². The number of urea groups is 1. The minimum absolute atomic E-state index is 0.0175. The van der Waals surface area contributed by atoms with Crippen molar-refractivity contribution in [2.45, 2.75) is 13.5 Å². The first-order valence-electron chi connectivity index (χ1n) is 8.20. The molecule has 5 heteroatoms. The lowest BCUT2D eigenvalue weighted by Crippen LogP contribution is -2.49. The molecule has 0 bridgehead atoms. The van der Waals surface area contributed by atoms with Gasteiger partial charge in [0, 0.05) is 42.9 Å². The summed E-state index contributed by atoms with van der Waals surface area (Å²) >= 11 is 3.48. The van der Waals surface area contributed by atoms with Crippen LogP contribution in [0.25, 0.3) is 0 Å². The number of carbonyl (C=O) groups excluding carboxylic acids is 1. The third-order valence-corrected chi connectivity index (χ3v) is 5.21. The summed E-state index contributed by atoms with van der Waals surface area (Å²) in [6.45, 7) is 6.29. The van der Waals surface area contributed by atoms with Crippen LogP contribution >= 0.6 is 15.9 Å². The topological polar surface area (TPSA) is 35.6 Å². The van der Waals surface area contributed by atoms with Crippen molar-refractivity contribution in [2.75, 3.05) is 31.5 Å². The summed E-state index contributed by atoms with van der Waals surface area (Å²) in [7, 11) is 0. The SMILES string of the molecule is Cc1cc(NC(=O)N2CCN(Cc3ccccc3)CC2)ccc1Br. The number of anilines is 1. The molecule has 1 N–H and O–H groups in total. The van der Waals surface area contributed by atoms with Crippen LogP contribution < -0.4 is 5.32 Å². The lowest BCUT2D eigenvalue weighted by molar-refractivity contribution is 0.143. The largest absolute Gasteiger partial charge is 0.322 e. The molecule has 126 valence electrons. The van der Waals surface area contributed by atoms with Crippen molar-refractivity contribution >= 4 is 27.6 Å². The van der Waals surface area contributed by atoms with Crippen molar-refractivity contribution in [3.8, 4) is 0 Å². The summed E-state index contributed by atoms with van der Waals surface area (Å²) in [5, 5.41) is 2.99. The van der Waals surface area contributed by atoms with E-state index in [4.69, 9.17) is 0 Å². The van der Waals surface area contributed by atoms with Crippen LogP contribution in [-0.2, 0) is 6.54 Å². The highest BCUT2D eigenvalue weighted by Gasteiger charge is 2.21. The molecule has 1 aliphatic rings. The quantitative estimate of drug-likeness (QED) is 0.859. The maximum Gasteiger partial charge on any atom is 0.321 e. The number of nitrogens with zero attached hydrogens (tertiary/aromatic N) is 2. The molecule has 1 fully saturated rings. The average Bonchev–Trinajstić information content (AvgIpc) is 2.60. The third-order valence-electron chi connectivity index (χ3n) is 4.32. The van der Waals surface area contributed by atoms with Gasteiger partial charge < -0.3 is 10.2 Å². The second-order valence-corrected chi connectivity index (χ2v) is 7.00. The number of halogens is 1. The molecule has 3 rings (SSSR count). The molecule has 1 aliphatic heterocycles. The zero-order valence-electron chi connectivity index (χ0n) is 13.8. The molecule has 4 nitrogen and oxygen atoms in total. The molecule has 0 spiro atoms. The second-order valence-electron chi connectivity index (χ2n) is 6.14. The van der Waals surface area contributed by atoms with Gasteiger partial charge in [0.05, 0.1) is 0 Å². The summed E-state index contributed by atoms with van der Waals surface area (Å²) in [6, 6.07) is 16.3. The van der Waals surface area contributed by atoms with Crippen LogP contribution in [0.2, 0.25) is 0 Å². The Hall–Kier alpha value is -1.85. The fraction of sp³-hybridized carbons (Fsp3) is 0.316. The Balaban J connectivity index is 1.50. The van der Waals surface area contributed by atoms with E-state index in [1.54, 1.807) is 0 Å². The van der Waals surface area contributed by atoms with E-state index in [1.807, 2.05) is 36.1 Å². The molecule has 1 heterocycles. The van der Waals surface area contributed by atoms with Gasteiger partial charge in [-0.05, 0) is 36.2 Å². The molecule has 0 atom stereocenters. The molecule has 0 saturated carbocycles. The van der Waals surface area contributed by atoms with Gasteiger partial charge in [0.2, 0.25) is 0 Å². The normalized spacial score (nSPS) is 15.3. The summed E-state index contributed by atoms with van der Waals surface area (Å²) in [6.07, 6.45) is 0. The number of rotatable bonds is 3. The monoisotopic (exact) mass is 387 g/mol. The Morgan fingerprint density at radius 3 is 2.46 bits per heavy atom. The van der Waals surface area contributed by atoms with Gasteiger partial charge in [-0.15, -0.1) is 0 Å². The maximum atomic E-state index is 12.4. The van der Waals surface area contributed by atoms with Crippen molar-refractivity contribution in [3.63, 3.8) is 0 Å². The lowest BCUT2D eigenvalue weighted by atomic mass is 10.2. The fourth-order valence-corrected chi connectivity index (χ4v) is 3.12. The van der Waals surface area contributed by atoms with E-state index >= 15 is 0 Å². The highest BCUT2D eigenvalue weighted by molar-refractivity contribution is 9.10. The Kier molecular flexibility index (Phi) is 5.53. The highest BCUT2D eigenvalue weighted by atomic mass is 79.9. The number of piperazine rings is 1. The van der Waals surface area contributed by atoms with E-state index in [9.17, 15) is 4.79 Å². The summed E-state index contributed by atoms with van der Waals surface area (Å²) < 4.78 is 1.05. The Morgan fingerprint density at radius 2 is 1.79 bits per heavy atom. The minimum Gasteiger partial charge on any atom is -0.322 e. The van der Waals surface area contributed by atoms with Crippen molar-refractivity contribution < 1.29 is 4.79 Å².